The maximum atomic E-state index is 13.3. The van der Waals surface area contributed by atoms with Crippen LogP contribution in [-0.4, -0.2) is 64.7 Å². The molecule has 1 unspecified atom stereocenters. The molecule has 1 heterocycles. The molecule has 4 rings (SSSR count). The van der Waals surface area contributed by atoms with Crippen molar-refractivity contribution in [2.45, 2.75) is 38.3 Å². The van der Waals surface area contributed by atoms with Gasteiger partial charge in [0.2, 0.25) is 5.91 Å². The fourth-order valence-corrected chi connectivity index (χ4v) is 5.84. The van der Waals surface area contributed by atoms with Gasteiger partial charge in [0.05, 0.1) is 12.5 Å². The van der Waals surface area contributed by atoms with E-state index in [1.165, 1.54) is 0 Å². The second-order valence-electron chi connectivity index (χ2n) is 9.05. The topological polar surface area (TPSA) is 95.9 Å². The molecule has 1 fully saturated rings. The van der Waals surface area contributed by atoms with Crippen LogP contribution in [0.5, 0.6) is 0 Å². The van der Waals surface area contributed by atoms with Crippen molar-refractivity contribution < 1.29 is 24.2 Å². The van der Waals surface area contributed by atoms with Gasteiger partial charge in [-0.1, -0.05) is 62.4 Å². The minimum atomic E-state index is -0.934. The van der Waals surface area contributed by atoms with Crippen LogP contribution in [0.15, 0.2) is 48.5 Å². The van der Waals surface area contributed by atoms with Crippen molar-refractivity contribution in [3.05, 3.63) is 59.7 Å². The number of ether oxygens (including phenoxy) is 1. The standard InChI is InChI=1S/C26H30N2O5S/c1-16(2)24(25(31)28-11-12-34-15-17(28)13-23(29)30)27-26(32)33-14-22-20-9-5-3-7-18(20)19-8-4-6-10-21(19)22/h3-10,16-17,22,24H,11-15H2,1-2H3,(H,27,32)(H,29,30)/t17?,24-/m0/s1. The Morgan fingerprint density at radius 1 is 1.09 bits per heavy atom. The molecule has 2 aliphatic rings. The summed E-state index contributed by atoms with van der Waals surface area (Å²) < 4.78 is 5.63. The smallest absolute Gasteiger partial charge is 0.407 e. The second kappa shape index (κ2) is 10.5. The van der Waals surface area contributed by atoms with Gasteiger partial charge in [-0.05, 0) is 28.2 Å². The first-order chi connectivity index (χ1) is 16.4. The zero-order valence-corrected chi connectivity index (χ0v) is 20.2. The number of aliphatic carboxylic acids is 1. The highest BCUT2D eigenvalue weighted by Crippen LogP contribution is 2.44. The van der Waals surface area contributed by atoms with E-state index in [0.717, 1.165) is 28.0 Å². The highest BCUT2D eigenvalue weighted by Gasteiger charge is 2.36. The molecule has 0 bridgehead atoms. The Morgan fingerprint density at radius 2 is 1.71 bits per heavy atom. The number of rotatable bonds is 7. The third kappa shape index (κ3) is 5.06. The summed E-state index contributed by atoms with van der Waals surface area (Å²) in [6.07, 6.45) is -0.746. The molecular formula is C26H30N2O5S. The number of hydrogen-bond donors (Lipinski definition) is 2. The average molecular weight is 483 g/mol. The zero-order valence-electron chi connectivity index (χ0n) is 19.4. The van der Waals surface area contributed by atoms with Gasteiger partial charge in [-0.15, -0.1) is 0 Å². The predicted molar refractivity (Wildman–Crippen MR) is 132 cm³/mol. The maximum Gasteiger partial charge on any atom is 0.407 e. The number of thioether (sulfide) groups is 1. The Kier molecular flexibility index (Phi) is 7.46. The van der Waals surface area contributed by atoms with Gasteiger partial charge in [0, 0.05) is 24.0 Å². The van der Waals surface area contributed by atoms with E-state index >= 15 is 0 Å². The summed E-state index contributed by atoms with van der Waals surface area (Å²) in [5.41, 5.74) is 4.54. The Hall–Kier alpha value is -3.00. The van der Waals surface area contributed by atoms with Crippen LogP contribution in [0.1, 0.15) is 37.3 Å². The van der Waals surface area contributed by atoms with Crippen LogP contribution in [0.4, 0.5) is 4.79 Å². The van der Waals surface area contributed by atoms with Crippen LogP contribution >= 0.6 is 11.8 Å². The number of amides is 2. The number of carbonyl (C=O) groups excluding carboxylic acids is 2. The van der Waals surface area contributed by atoms with E-state index in [2.05, 4.69) is 29.6 Å². The summed E-state index contributed by atoms with van der Waals surface area (Å²) in [5, 5.41) is 12.0. The van der Waals surface area contributed by atoms with Crippen molar-refractivity contribution in [2.24, 2.45) is 5.92 Å². The first-order valence-corrected chi connectivity index (χ1v) is 12.7. The van der Waals surface area contributed by atoms with Gasteiger partial charge >= 0.3 is 12.1 Å². The molecule has 2 N–H and O–H groups in total. The van der Waals surface area contributed by atoms with Gasteiger partial charge in [0.1, 0.15) is 12.6 Å². The Balaban J connectivity index is 1.43. The van der Waals surface area contributed by atoms with E-state index in [1.54, 1.807) is 16.7 Å². The fourth-order valence-electron chi connectivity index (χ4n) is 4.77. The van der Waals surface area contributed by atoms with Crippen molar-refractivity contribution in [1.82, 2.24) is 10.2 Å². The number of nitrogens with zero attached hydrogens (tertiary/aromatic N) is 1. The minimum absolute atomic E-state index is 0.0644. The molecule has 34 heavy (non-hydrogen) atoms. The largest absolute Gasteiger partial charge is 0.481 e. The molecule has 0 spiro atoms. The van der Waals surface area contributed by atoms with Gasteiger partial charge in [0.25, 0.3) is 0 Å². The first-order valence-electron chi connectivity index (χ1n) is 11.6. The number of hydrogen-bond acceptors (Lipinski definition) is 5. The number of carbonyl (C=O) groups is 3. The Labute approximate surface area is 203 Å². The van der Waals surface area contributed by atoms with Crippen LogP contribution < -0.4 is 5.32 Å². The number of benzene rings is 2. The van der Waals surface area contributed by atoms with E-state index in [1.807, 2.05) is 38.1 Å². The summed E-state index contributed by atoms with van der Waals surface area (Å²) in [7, 11) is 0. The molecule has 1 aliphatic heterocycles. The number of fused-ring (bicyclic) bond motifs is 3. The van der Waals surface area contributed by atoms with Crippen molar-refractivity contribution in [1.29, 1.82) is 0 Å². The number of alkyl carbamates (subject to hydrolysis) is 1. The third-order valence-electron chi connectivity index (χ3n) is 6.47. The number of carboxylic acid groups (broad SMARTS) is 1. The zero-order chi connectivity index (χ0) is 24.2. The van der Waals surface area contributed by atoms with Gasteiger partial charge < -0.3 is 20.1 Å². The van der Waals surface area contributed by atoms with Crippen molar-refractivity contribution >= 4 is 29.7 Å². The van der Waals surface area contributed by atoms with Gasteiger partial charge in [-0.2, -0.15) is 11.8 Å². The monoisotopic (exact) mass is 482 g/mol. The van der Waals surface area contributed by atoms with Crippen molar-refractivity contribution in [3.63, 3.8) is 0 Å². The molecule has 7 nitrogen and oxygen atoms in total. The lowest BCUT2D eigenvalue weighted by Crippen LogP contribution is -2.56. The van der Waals surface area contributed by atoms with E-state index in [9.17, 15) is 19.5 Å². The first kappa shape index (κ1) is 24.1. The molecule has 0 aromatic heterocycles. The van der Waals surface area contributed by atoms with Crippen LogP contribution in [0.2, 0.25) is 0 Å². The molecule has 2 aromatic carbocycles. The van der Waals surface area contributed by atoms with Crippen LogP contribution in [0.25, 0.3) is 11.1 Å². The second-order valence-corrected chi connectivity index (χ2v) is 10.2. The molecule has 0 saturated carbocycles. The fraction of sp³-hybridized carbons (Fsp3) is 0.423. The number of carboxylic acids is 1. The van der Waals surface area contributed by atoms with E-state index in [0.29, 0.717) is 12.3 Å². The molecule has 0 radical (unpaired) electrons. The lowest BCUT2D eigenvalue weighted by molar-refractivity contribution is -0.141. The van der Waals surface area contributed by atoms with E-state index < -0.39 is 18.1 Å². The van der Waals surface area contributed by atoms with Gasteiger partial charge in [-0.25, -0.2) is 4.79 Å². The maximum absolute atomic E-state index is 13.3. The Morgan fingerprint density at radius 3 is 2.29 bits per heavy atom. The van der Waals surface area contributed by atoms with Crippen molar-refractivity contribution in [3.8, 4) is 11.1 Å². The molecule has 1 saturated heterocycles. The molecule has 2 aromatic rings. The van der Waals surface area contributed by atoms with Crippen LogP contribution in [0.3, 0.4) is 0 Å². The summed E-state index contributed by atoms with van der Waals surface area (Å²) in [5.74, 6) is -0.102. The average Bonchev–Trinajstić information content (AvgIpc) is 3.14. The molecule has 1 aliphatic carbocycles. The molecule has 2 atom stereocenters. The van der Waals surface area contributed by atoms with Gasteiger partial charge in [-0.3, -0.25) is 9.59 Å². The third-order valence-corrected chi connectivity index (χ3v) is 7.56. The van der Waals surface area contributed by atoms with Gasteiger partial charge in [0.15, 0.2) is 0 Å². The van der Waals surface area contributed by atoms with Crippen molar-refractivity contribution in [2.75, 3.05) is 24.7 Å². The SMILES string of the molecule is CC(C)[C@H](NC(=O)OCC1c2ccccc2-c2ccccc21)C(=O)N1CCSCC1CC(=O)O. The highest BCUT2D eigenvalue weighted by atomic mass is 32.2. The predicted octanol–water partition coefficient (Wildman–Crippen LogP) is 3.97. The highest BCUT2D eigenvalue weighted by molar-refractivity contribution is 7.99. The van der Waals surface area contributed by atoms with Crippen LogP contribution in [0, 0.1) is 5.92 Å². The summed E-state index contributed by atoms with van der Waals surface area (Å²) >= 11 is 1.64. The molecule has 8 heteroatoms. The van der Waals surface area contributed by atoms with Crippen LogP contribution in [-0.2, 0) is 14.3 Å². The molecule has 180 valence electrons. The molecular weight excluding hydrogens is 452 g/mol. The van der Waals surface area contributed by atoms with E-state index in [4.69, 9.17) is 4.74 Å². The lowest BCUT2D eigenvalue weighted by atomic mass is 9.98. The summed E-state index contributed by atoms with van der Waals surface area (Å²) in [6.45, 7) is 4.35. The number of nitrogens with one attached hydrogen (secondary N) is 1. The summed E-state index contributed by atoms with van der Waals surface area (Å²) in [6, 6.07) is 15.1. The normalized spacial score (nSPS) is 18.2. The minimum Gasteiger partial charge on any atom is -0.481 e. The lowest BCUT2D eigenvalue weighted by Gasteiger charge is -2.37. The Bertz CT molecular complexity index is 1030. The van der Waals surface area contributed by atoms with E-state index in [-0.39, 0.29) is 36.8 Å². The molecule has 2 amide bonds. The summed E-state index contributed by atoms with van der Waals surface area (Å²) in [4.78, 5) is 39.0. The quantitative estimate of drug-likeness (QED) is 0.620.